The van der Waals surface area contributed by atoms with Crippen LogP contribution < -0.4 is 0 Å². The molecule has 0 spiro atoms. The van der Waals surface area contributed by atoms with Gasteiger partial charge < -0.3 is 14.7 Å². The fourth-order valence-electron chi connectivity index (χ4n) is 0.883. The zero-order chi connectivity index (χ0) is 11.1. The van der Waals surface area contributed by atoms with Crippen molar-refractivity contribution in [2.24, 2.45) is 5.16 Å². The van der Waals surface area contributed by atoms with E-state index in [0.29, 0.717) is 13.2 Å². The van der Waals surface area contributed by atoms with E-state index < -0.39 is 5.97 Å². The van der Waals surface area contributed by atoms with Crippen LogP contribution >= 0.6 is 11.8 Å². The molecule has 6 heteroatoms. The van der Waals surface area contributed by atoms with Crippen LogP contribution in [0.15, 0.2) is 16.3 Å². The molecule has 15 heavy (non-hydrogen) atoms. The molecule has 0 fully saturated rings. The molecule has 0 atom stereocenters. The van der Waals surface area contributed by atoms with Crippen LogP contribution in [-0.4, -0.2) is 35.8 Å². The van der Waals surface area contributed by atoms with Crippen LogP contribution in [0.2, 0.25) is 0 Å². The van der Waals surface area contributed by atoms with Crippen LogP contribution in [0.4, 0.5) is 0 Å². The van der Waals surface area contributed by atoms with Gasteiger partial charge in [0.1, 0.15) is 6.61 Å². The number of oxime groups is 1. The maximum atomic E-state index is 10.9. The third-order valence-corrected chi connectivity index (χ3v) is 2.32. The lowest BCUT2D eigenvalue weighted by molar-refractivity contribution is -0.129. The topological polar surface area (TPSA) is 68.1 Å². The number of carbonyl (C=O) groups is 1. The molecule has 84 valence electrons. The van der Waals surface area contributed by atoms with E-state index in [1.165, 1.54) is 11.8 Å². The highest BCUT2D eigenvalue weighted by atomic mass is 32.2. The number of carboxylic acid groups (broad SMARTS) is 1. The van der Waals surface area contributed by atoms with Crippen molar-refractivity contribution in [1.82, 2.24) is 0 Å². The first-order valence-corrected chi connectivity index (χ1v) is 5.68. The van der Waals surface area contributed by atoms with Crippen LogP contribution in [0.5, 0.6) is 0 Å². The van der Waals surface area contributed by atoms with Gasteiger partial charge in [-0.1, -0.05) is 12.1 Å². The second-order valence-electron chi connectivity index (χ2n) is 2.78. The van der Waals surface area contributed by atoms with Crippen molar-refractivity contribution >= 4 is 23.4 Å². The smallest absolute Gasteiger partial charge is 0.361 e. The van der Waals surface area contributed by atoms with Crippen molar-refractivity contribution in [3.63, 3.8) is 0 Å². The Bertz CT molecular complexity index is 288. The molecule has 0 aromatic carbocycles. The molecule has 1 aliphatic heterocycles. The van der Waals surface area contributed by atoms with Crippen molar-refractivity contribution in [3.8, 4) is 0 Å². The van der Waals surface area contributed by atoms with Gasteiger partial charge in [0, 0.05) is 11.2 Å². The van der Waals surface area contributed by atoms with Crippen molar-refractivity contribution < 1.29 is 19.5 Å². The minimum absolute atomic E-state index is 0.171. The Morgan fingerprint density at radius 1 is 1.80 bits per heavy atom. The van der Waals surface area contributed by atoms with Crippen LogP contribution in [-0.2, 0) is 14.4 Å². The van der Waals surface area contributed by atoms with Crippen LogP contribution in [0.1, 0.15) is 13.3 Å². The van der Waals surface area contributed by atoms with Gasteiger partial charge in [-0.15, -0.1) is 11.8 Å². The van der Waals surface area contributed by atoms with Crippen LogP contribution in [0.25, 0.3) is 0 Å². The Morgan fingerprint density at radius 3 is 3.13 bits per heavy atom. The number of rotatable bonds is 5. The third kappa shape index (κ3) is 3.83. The van der Waals surface area contributed by atoms with E-state index in [4.69, 9.17) is 14.7 Å². The van der Waals surface area contributed by atoms with Crippen molar-refractivity contribution in [2.75, 3.05) is 19.0 Å². The molecule has 0 bridgehead atoms. The standard InChI is InChI=1S/C9H13NO4S/c1-2-3-14-10-8(9(11)12)7-6-15-5-4-13-7/h6H,2-5H2,1H3,(H,11,12). The average Bonchev–Trinajstić information content (AvgIpc) is 2.25. The average molecular weight is 231 g/mol. The number of hydrogen-bond donors (Lipinski definition) is 1. The number of aliphatic carboxylic acids is 1. The fraction of sp³-hybridized carbons (Fsp3) is 0.556. The zero-order valence-electron chi connectivity index (χ0n) is 8.43. The summed E-state index contributed by atoms with van der Waals surface area (Å²) in [6.45, 7) is 2.82. The quantitative estimate of drug-likeness (QED) is 0.440. The van der Waals surface area contributed by atoms with E-state index in [1.54, 1.807) is 5.41 Å². The van der Waals surface area contributed by atoms with Crippen molar-refractivity contribution in [3.05, 3.63) is 11.2 Å². The second kappa shape index (κ2) is 6.34. The number of ether oxygens (including phenoxy) is 1. The molecule has 0 amide bonds. The highest BCUT2D eigenvalue weighted by Gasteiger charge is 2.20. The SMILES string of the molecule is CCCON=C(C(=O)O)C1=CSCCO1. The third-order valence-electron chi connectivity index (χ3n) is 1.54. The van der Waals surface area contributed by atoms with Crippen molar-refractivity contribution in [2.45, 2.75) is 13.3 Å². The maximum Gasteiger partial charge on any atom is 0.361 e. The number of nitrogens with zero attached hydrogens (tertiary/aromatic N) is 1. The second-order valence-corrected chi connectivity index (χ2v) is 3.76. The number of hydrogen-bond acceptors (Lipinski definition) is 5. The molecule has 0 aromatic heterocycles. The van der Waals surface area contributed by atoms with E-state index in [-0.39, 0.29) is 11.5 Å². The Morgan fingerprint density at radius 2 is 2.60 bits per heavy atom. The van der Waals surface area contributed by atoms with Crippen molar-refractivity contribution in [1.29, 1.82) is 0 Å². The molecule has 1 aliphatic rings. The number of thioether (sulfide) groups is 1. The molecule has 0 aromatic rings. The summed E-state index contributed by atoms with van der Waals surface area (Å²) in [5, 5.41) is 14.1. The summed E-state index contributed by atoms with van der Waals surface area (Å²) in [6, 6.07) is 0. The van der Waals surface area contributed by atoms with E-state index in [2.05, 4.69) is 5.16 Å². The molecule has 0 radical (unpaired) electrons. The summed E-state index contributed by atoms with van der Waals surface area (Å²) in [7, 11) is 0. The lowest BCUT2D eigenvalue weighted by Crippen LogP contribution is -2.20. The normalized spacial score (nSPS) is 16.6. The van der Waals surface area contributed by atoms with Gasteiger partial charge >= 0.3 is 5.97 Å². The minimum Gasteiger partial charge on any atom is -0.489 e. The summed E-state index contributed by atoms with van der Waals surface area (Å²) in [5.41, 5.74) is -0.171. The first-order valence-electron chi connectivity index (χ1n) is 4.64. The summed E-state index contributed by atoms with van der Waals surface area (Å²) in [5.74, 6) is -0.0404. The molecule has 0 saturated heterocycles. The van der Waals surface area contributed by atoms with E-state index in [0.717, 1.165) is 12.2 Å². The Hall–Kier alpha value is -1.17. The molecule has 0 aliphatic carbocycles. The predicted molar refractivity (Wildman–Crippen MR) is 57.8 cm³/mol. The van der Waals surface area contributed by atoms with Gasteiger partial charge in [-0.25, -0.2) is 4.79 Å². The Labute approximate surface area is 92.1 Å². The van der Waals surface area contributed by atoms with Gasteiger partial charge in [0.2, 0.25) is 5.71 Å². The van der Waals surface area contributed by atoms with Gasteiger partial charge in [0.25, 0.3) is 0 Å². The first kappa shape index (κ1) is 11.9. The van der Waals surface area contributed by atoms with Gasteiger partial charge in [-0.3, -0.25) is 0 Å². The summed E-state index contributed by atoms with van der Waals surface area (Å²) in [6.07, 6.45) is 0.783. The lowest BCUT2D eigenvalue weighted by Gasteiger charge is -2.13. The largest absolute Gasteiger partial charge is 0.489 e. The molecular weight excluding hydrogens is 218 g/mol. The monoisotopic (exact) mass is 231 g/mol. The highest BCUT2D eigenvalue weighted by Crippen LogP contribution is 2.16. The van der Waals surface area contributed by atoms with Crippen LogP contribution in [0.3, 0.4) is 0 Å². The maximum absolute atomic E-state index is 10.9. The van der Waals surface area contributed by atoms with E-state index in [9.17, 15) is 4.79 Å². The van der Waals surface area contributed by atoms with E-state index in [1.807, 2.05) is 6.92 Å². The molecular formula is C9H13NO4S. The van der Waals surface area contributed by atoms with Gasteiger partial charge in [-0.05, 0) is 6.42 Å². The summed E-state index contributed by atoms with van der Waals surface area (Å²) >= 11 is 1.50. The molecule has 0 unspecified atom stereocenters. The van der Waals surface area contributed by atoms with Gasteiger partial charge in [0.05, 0.1) is 6.61 Å². The molecule has 0 saturated carbocycles. The minimum atomic E-state index is -1.14. The number of carboxylic acids is 1. The molecule has 1 N–H and O–H groups in total. The summed E-state index contributed by atoms with van der Waals surface area (Å²) < 4.78 is 5.18. The highest BCUT2D eigenvalue weighted by molar-refractivity contribution is 8.02. The Balaban J connectivity index is 2.68. The van der Waals surface area contributed by atoms with Gasteiger partial charge in [0.15, 0.2) is 5.76 Å². The van der Waals surface area contributed by atoms with E-state index >= 15 is 0 Å². The zero-order valence-corrected chi connectivity index (χ0v) is 9.25. The van der Waals surface area contributed by atoms with Crippen LogP contribution in [0, 0.1) is 0 Å². The molecule has 1 heterocycles. The summed E-state index contributed by atoms with van der Waals surface area (Å²) in [4.78, 5) is 15.7. The Kier molecular flexibility index (Phi) is 5.03. The first-order chi connectivity index (χ1) is 7.25. The van der Waals surface area contributed by atoms with Gasteiger partial charge in [-0.2, -0.15) is 0 Å². The molecule has 1 rings (SSSR count). The molecule has 5 nitrogen and oxygen atoms in total. The predicted octanol–water partition coefficient (Wildman–Crippen LogP) is 1.46. The lowest BCUT2D eigenvalue weighted by atomic mass is 10.3. The fourth-order valence-corrected chi connectivity index (χ4v) is 1.51.